The number of carbonyl (C=O) groups is 1. The van der Waals surface area contributed by atoms with Crippen LogP contribution >= 0.6 is 11.6 Å². The molecule has 2 heterocycles. The van der Waals surface area contributed by atoms with E-state index in [9.17, 15) is 4.79 Å². The topological polar surface area (TPSA) is 67.2 Å². The number of ether oxygens (including phenoxy) is 2. The fourth-order valence-corrected chi connectivity index (χ4v) is 3.12. The fraction of sp³-hybridized carbons (Fsp3) is 0.389. The number of hydrogen-bond donors (Lipinski definition) is 1. The minimum absolute atomic E-state index is 0.176. The number of benzene rings is 1. The predicted molar refractivity (Wildman–Crippen MR) is 99.1 cm³/mol. The van der Waals surface area contributed by atoms with Gasteiger partial charge in [-0.2, -0.15) is 0 Å². The Balaban J connectivity index is 1.59. The van der Waals surface area contributed by atoms with Crippen LogP contribution in [0, 0.1) is 0 Å². The van der Waals surface area contributed by atoms with Crippen molar-refractivity contribution in [3.05, 3.63) is 41.3 Å². The number of furan rings is 1. The molecule has 0 saturated carbocycles. The molecular weight excluding hydrogens is 358 g/mol. The van der Waals surface area contributed by atoms with Gasteiger partial charge in [0.25, 0.3) is 0 Å². The van der Waals surface area contributed by atoms with Gasteiger partial charge in [-0.05, 0) is 12.1 Å². The Hall–Kier alpha value is -2.38. The number of nitrogens with zero attached hydrogens (tertiary/aromatic N) is 2. The summed E-state index contributed by atoms with van der Waals surface area (Å²) in [5.74, 6) is 1.90. The summed E-state index contributed by atoms with van der Waals surface area (Å²) in [5, 5.41) is 3.30. The molecule has 0 spiro atoms. The van der Waals surface area contributed by atoms with Crippen molar-refractivity contribution in [2.24, 2.45) is 0 Å². The van der Waals surface area contributed by atoms with Crippen LogP contribution in [0.5, 0.6) is 11.5 Å². The first-order valence-electron chi connectivity index (χ1n) is 8.33. The van der Waals surface area contributed by atoms with E-state index in [1.54, 1.807) is 23.3 Å². The molecule has 26 heavy (non-hydrogen) atoms. The van der Waals surface area contributed by atoms with Gasteiger partial charge >= 0.3 is 6.03 Å². The summed E-state index contributed by atoms with van der Waals surface area (Å²) in [5.41, 5.74) is 0.525. The van der Waals surface area contributed by atoms with Crippen molar-refractivity contribution >= 4 is 23.3 Å². The van der Waals surface area contributed by atoms with Gasteiger partial charge in [0.05, 0.1) is 37.7 Å². The van der Waals surface area contributed by atoms with E-state index < -0.39 is 0 Å². The van der Waals surface area contributed by atoms with E-state index in [1.807, 2.05) is 12.1 Å². The minimum Gasteiger partial charge on any atom is -0.495 e. The number of piperazine rings is 1. The van der Waals surface area contributed by atoms with Crippen LogP contribution < -0.4 is 14.8 Å². The summed E-state index contributed by atoms with van der Waals surface area (Å²) < 4.78 is 15.9. The quantitative estimate of drug-likeness (QED) is 0.863. The molecule has 7 nitrogen and oxygen atoms in total. The highest BCUT2D eigenvalue weighted by Gasteiger charge is 2.23. The highest BCUT2D eigenvalue weighted by molar-refractivity contribution is 6.32. The molecule has 1 aliphatic rings. The molecule has 1 aromatic heterocycles. The van der Waals surface area contributed by atoms with Gasteiger partial charge in [0.15, 0.2) is 0 Å². The van der Waals surface area contributed by atoms with Gasteiger partial charge in [0.1, 0.15) is 17.3 Å². The molecule has 1 N–H and O–H groups in total. The van der Waals surface area contributed by atoms with Gasteiger partial charge in [-0.1, -0.05) is 11.6 Å². The van der Waals surface area contributed by atoms with Gasteiger partial charge in [-0.3, -0.25) is 4.90 Å². The Morgan fingerprint density at radius 1 is 1.19 bits per heavy atom. The Morgan fingerprint density at radius 2 is 1.92 bits per heavy atom. The van der Waals surface area contributed by atoms with Crippen LogP contribution in [-0.2, 0) is 6.54 Å². The van der Waals surface area contributed by atoms with Gasteiger partial charge in [0.2, 0.25) is 0 Å². The summed E-state index contributed by atoms with van der Waals surface area (Å²) in [6.45, 7) is 3.61. The van der Waals surface area contributed by atoms with Crippen LogP contribution in [-0.4, -0.2) is 56.2 Å². The summed E-state index contributed by atoms with van der Waals surface area (Å²) in [4.78, 5) is 16.6. The molecule has 140 valence electrons. The number of amides is 2. The van der Waals surface area contributed by atoms with Gasteiger partial charge in [0, 0.05) is 38.3 Å². The van der Waals surface area contributed by atoms with E-state index in [0.717, 1.165) is 25.4 Å². The average Bonchev–Trinajstić information content (AvgIpc) is 3.16. The van der Waals surface area contributed by atoms with Crippen LogP contribution in [0.1, 0.15) is 5.76 Å². The molecule has 1 aliphatic heterocycles. The van der Waals surface area contributed by atoms with Gasteiger partial charge in [-0.25, -0.2) is 4.79 Å². The summed E-state index contributed by atoms with van der Waals surface area (Å²) >= 11 is 6.10. The van der Waals surface area contributed by atoms with Crippen molar-refractivity contribution in [1.29, 1.82) is 0 Å². The van der Waals surface area contributed by atoms with Crippen molar-refractivity contribution in [1.82, 2.24) is 9.80 Å². The first-order valence-corrected chi connectivity index (χ1v) is 8.70. The molecule has 0 unspecified atom stereocenters. The van der Waals surface area contributed by atoms with Crippen LogP contribution in [0.3, 0.4) is 0 Å². The van der Waals surface area contributed by atoms with E-state index >= 15 is 0 Å². The number of rotatable bonds is 5. The summed E-state index contributed by atoms with van der Waals surface area (Å²) in [6.07, 6.45) is 1.67. The molecular formula is C18H22ClN3O4. The predicted octanol–water partition coefficient (Wildman–Crippen LogP) is 3.30. The third kappa shape index (κ3) is 4.23. The van der Waals surface area contributed by atoms with Crippen LogP contribution in [0.25, 0.3) is 0 Å². The van der Waals surface area contributed by atoms with Crippen molar-refractivity contribution in [2.75, 3.05) is 45.7 Å². The number of halogens is 1. The lowest BCUT2D eigenvalue weighted by Crippen LogP contribution is -2.49. The van der Waals surface area contributed by atoms with E-state index in [2.05, 4.69) is 10.2 Å². The van der Waals surface area contributed by atoms with E-state index in [1.165, 1.54) is 14.2 Å². The lowest BCUT2D eigenvalue weighted by Gasteiger charge is -2.34. The Bertz CT molecular complexity index is 743. The molecule has 0 radical (unpaired) electrons. The van der Waals surface area contributed by atoms with Crippen LogP contribution in [0.2, 0.25) is 5.02 Å². The third-order valence-corrected chi connectivity index (χ3v) is 4.63. The number of anilines is 1. The van der Waals surface area contributed by atoms with E-state index in [4.69, 9.17) is 25.5 Å². The smallest absolute Gasteiger partial charge is 0.322 e. The van der Waals surface area contributed by atoms with Crippen LogP contribution in [0.15, 0.2) is 34.9 Å². The Labute approximate surface area is 157 Å². The first-order chi connectivity index (χ1) is 12.6. The average molecular weight is 380 g/mol. The van der Waals surface area contributed by atoms with E-state index in [-0.39, 0.29) is 6.03 Å². The zero-order chi connectivity index (χ0) is 18.5. The molecule has 1 aromatic carbocycles. The number of methoxy groups -OCH3 is 2. The van der Waals surface area contributed by atoms with Gasteiger partial charge in [-0.15, -0.1) is 0 Å². The maximum absolute atomic E-state index is 12.6. The summed E-state index contributed by atoms with van der Waals surface area (Å²) in [6, 6.07) is 6.95. The monoisotopic (exact) mass is 379 g/mol. The van der Waals surface area contributed by atoms with E-state index in [0.29, 0.717) is 35.3 Å². The molecule has 0 atom stereocenters. The van der Waals surface area contributed by atoms with Crippen molar-refractivity contribution in [3.8, 4) is 11.5 Å². The number of hydrogen-bond acceptors (Lipinski definition) is 5. The highest BCUT2D eigenvalue weighted by Crippen LogP contribution is 2.36. The standard InChI is InChI=1S/C18H22ClN3O4/c1-24-16-11-15(17(25-2)10-14(16)19)20-18(23)22-7-5-21(6-8-22)12-13-4-3-9-26-13/h3-4,9-11H,5-8,12H2,1-2H3,(H,20,23). The SMILES string of the molecule is COc1cc(NC(=O)N2CCN(Cc3ccco3)CC2)c(OC)cc1Cl. The van der Waals surface area contributed by atoms with Crippen LogP contribution in [0.4, 0.5) is 10.5 Å². The lowest BCUT2D eigenvalue weighted by atomic mass is 10.2. The summed E-state index contributed by atoms with van der Waals surface area (Å²) in [7, 11) is 3.05. The van der Waals surface area contributed by atoms with Crippen molar-refractivity contribution in [3.63, 3.8) is 0 Å². The number of nitrogens with one attached hydrogen (secondary N) is 1. The second kappa shape index (κ2) is 8.33. The highest BCUT2D eigenvalue weighted by atomic mass is 35.5. The third-order valence-electron chi connectivity index (χ3n) is 4.33. The van der Waals surface area contributed by atoms with Gasteiger partial charge < -0.3 is 24.1 Å². The Kier molecular flexibility index (Phi) is 5.90. The van der Waals surface area contributed by atoms with Crippen molar-refractivity contribution in [2.45, 2.75) is 6.54 Å². The molecule has 2 amide bonds. The largest absolute Gasteiger partial charge is 0.495 e. The normalized spacial score (nSPS) is 15.0. The molecule has 0 bridgehead atoms. The molecule has 1 saturated heterocycles. The zero-order valence-electron chi connectivity index (χ0n) is 14.8. The maximum atomic E-state index is 12.6. The molecule has 0 aliphatic carbocycles. The zero-order valence-corrected chi connectivity index (χ0v) is 15.6. The molecule has 8 heteroatoms. The Morgan fingerprint density at radius 3 is 2.54 bits per heavy atom. The maximum Gasteiger partial charge on any atom is 0.322 e. The molecule has 2 aromatic rings. The fourth-order valence-electron chi connectivity index (χ4n) is 2.88. The number of urea groups is 1. The second-order valence-electron chi connectivity index (χ2n) is 5.96. The second-order valence-corrected chi connectivity index (χ2v) is 6.37. The lowest BCUT2D eigenvalue weighted by molar-refractivity contribution is 0.137. The number of carbonyl (C=O) groups excluding carboxylic acids is 1. The first kappa shape index (κ1) is 18.4. The minimum atomic E-state index is -0.176. The van der Waals surface area contributed by atoms with Crippen molar-refractivity contribution < 1.29 is 18.7 Å². The molecule has 3 rings (SSSR count). The molecule has 1 fully saturated rings.